The third-order valence-corrected chi connectivity index (χ3v) is 3.97. The number of fused-ring (bicyclic) bond motifs is 1. The first kappa shape index (κ1) is 14.0. The SMILES string of the molecule is O=C(NCc1ccc(Cl)cc1)Nc1ccc2c(c1)CCC2. The third-order valence-electron chi connectivity index (χ3n) is 3.72. The van der Waals surface area contributed by atoms with Crippen LogP contribution >= 0.6 is 11.6 Å². The molecule has 3 rings (SSSR count). The minimum absolute atomic E-state index is 0.192. The molecule has 0 aliphatic heterocycles. The van der Waals surface area contributed by atoms with Gasteiger partial charge in [-0.25, -0.2) is 4.79 Å². The Balaban J connectivity index is 1.55. The molecule has 2 amide bonds. The minimum atomic E-state index is -0.192. The summed E-state index contributed by atoms with van der Waals surface area (Å²) >= 11 is 5.83. The monoisotopic (exact) mass is 300 g/mol. The van der Waals surface area contributed by atoms with E-state index in [1.54, 1.807) is 0 Å². The molecule has 0 heterocycles. The van der Waals surface area contributed by atoms with E-state index < -0.39 is 0 Å². The smallest absolute Gasteiger partial charge is 0.319 e. The summed E-state index contributed by atoms with van der Waals surface area (Å²) in [7, 11) is 0. The van der Waals surface area contributed by atoms with Crippen LogP contribution in [0, 0.1) is 0 Å². The first-order chi connectivity index (χ1) is 10.2. The molecule has 2 aromatic carbocycles. The molecule has 1 aliphatic rings. The fourth-order valence-electron chi connectivity index (χ4n) is 2.61. The summed E-state index contributed by atoms with van der Waals surface area (Å²) in [6.07, 6.45) is 3.47. The number of nitrogens with one attached hydrogen (secondary N) is 2. The summed E-state index contributed by atoms with van der Waals surface area (Å²) in [6, 6.07) is 13.4. The number of anilines is 1. The van der Waals surface area contributed by atoms with E-state index >= 15 is 0 Å². The first-order valence-electron chi connectivity index (χ1n) is 7.12. The quantitative estimate of drug-likeness (QED) is 0.878. The van der Waals surface area contributed by atoms with Gasteiger partial charge in [-0.2, -0.15) is 0 Å². The molecule has 4 heteroatoms. The summed E-state index contributed by atoms with van der Waals surface area (Å²) in [5, 5.41) is 6.41. The minimum Gasteiger partial charge on any atom is -0.334 e. The van der Waals surface area contributed by atoms with Crippen molar-refractivity contribution in [3.63, 3.8) is 0 Å². The predicted molar refractivity (Wildman–Crippen MR) is 85.8 cm³/mol. The largest absolute Gasteiger partial charge is 0.334 e. The van der Waals surface area contributed by atoms with Crippen LogP contribution in [0.15, 0.2) is 42.5 Å². The lowest BCUT2D eigenvalue weighted by Gasteiger charge is -2.09. The molecule has 0 bridgehead atoms. The molecule has 0 atom stereocenters. The van der Waals surface area contributed by atoms with E-state index in [1.165, 1.54) is 17.5 Å². The zero-order valence-electron chi connectivity index (χ0n) is 11.7. The van der Waals surface area contributed by atoms with Gasteiger partial charge >= 0.3 is 6.03 Å². The fourth-order valence-corrected chi connectivity index (χ4v) is 2.74. The van der Waals surface area contributed by atoms with E-state index in [1.807, 2.05) is 30.3 Å². The molecule has 0 saturated carbocycles. The summed E-state index contributed by atoms with van der Waals surface area (Å²) < 4.78 is 0. The number of amides is 2. The van der Waals surface area contributed by atoms with Gasteiger partial charge in [0.2, 0.25) is 0 Å². The highest BCUT2D eigenvalue weighted by Crippen LogP contribution is 2.24. The summed E-state index contributed by atoms with van der Waals surface area (Å²) in [5.74, 6) is 0. The number of rotatable bonds is 3. The number of aryl methyl sites for hydroxylation is 2. The molecule has 0 fully saturated rings. The second-order valence-corrected chi connectivity index (χ2v) is 5.71. The second kappa shape index (κ2) is 6.19. The molecule has 108 valence electrons. The highest BCUT2D eigenvalue weighted by molar-refractivity contribution is 6.30. The van der Waals surface area contributed by atoms with Crippen LogP contribution in [0.1, 0.15) is 23.1 Å². The maximum absolute atomic E-state index is 11.9. The molecular weight excluding hydrogens is 284 g/mol. The summed E-state index contributed by atoms with van der Waals surface area (Å²) in [5.41, 5.74) is 4.63. The second-order valence-electron chi connectivity index (χ2n) is 5.27. The molecule has 0 aromatic heterocycles. The molecule has 21 heavy (non-hydrogen) atoms. The highest BCUT2D eigenvalue weighted by atomic mass is 35.5. The molecule has 2 N–H and O–H groups in total. The van der Waals surface area contributed by atoms with Crippen LogP contribution in [0.5, 0.6) is 0 Å². The lowest BCUT2D eigenvalue weighted by atomic mass is 10.1. The third kappa shape index (κ3) is 3.56. The standard InChI is InChI=1S/C17H17ClN2O/c18-15-7-4-12(5-8-15)11-19-17(21)20-16-9-6-13-2-1-3-14(13)10-16/h4-10H,1-3,11H2,(H2,19,20,21). The van der Waals surface area contributed by atoms with E-state index in [0.717, 1.165) is 24.1 Å². The van der Waals surface area contributed by atoms with Crippen molar-refractivity contribution in [3.8, 4) is 0 Å². The van der Waals surface area contributed by atoms with Gasteiger partial charge in [-0.05, 0) is 60.2 Å². The van der Waals surface area contributed by atoms with Gasteiger partial charge in [0.25, 0.3) is 0 Å². The van der Waals surface area contributed by atoms with Crippen LogP contribution in [-0.4, -0.2) is 6.03 Å². The zero-order chi connectivity index (χ0) is 14.7. The zero-order valence-corrected chi connectivity index (χ0v) is 12.4. The van der Waals surface area contributed by atoms with E-state index in [4.69, 9.17) is 11.6 Å². The van der Waals surface area contributed by atoms with Crippen LogP contribution in [0.2, 0.25) is 5.02 Å². The Morgan fingerprint density at radius 3 is 2.62 bits per heavy atom. The molecule has 3 nitrogen and oxygen atoms in total. The first-order valence-corrected chi connectivity index (χ1v) is 7.49. The van der Waals surface area contributed by atoms with Crippen molar-refractivity contribution in [2.45, 2.75) is 25.8 Å². The van der Waals surface area contributed by atoms with Crippen molar-refractivity contribution in [3.05, 3.63) is 64.2 Å². The topological polar surface area (TPSA) is 41.1 Å². The number of carbonyl (C=O) groups excluding carboxylic acids is 1. The average Bonchev–Trinajstić information content (AvgIpc) is 2.94. The maximum atomic E-state index is 11.9. The van der Waals surface area contributed by atoms with Crippen molar-refractivity contribution >= 4 is 23.3 Å². The molecular formula is C17H17ClN2O. The Kier molecular flexibility index (Phi) is 4.11. The number of hydrogen-bond acceptors (Lipinski definition) is 1. The van der Waals surface area contributed by atoms with Gasteiger partial charge in [0.1, 0.15) is 0 Å². The van der Waals surface area contributed by atoms with Crippen molar-refractivity contribution in [1.29, 1.82) is 0 Å². The Hall–Kier alpha value is -2.00. The number of halogens is 1. The number of hydrogen-bond donors (Lipinski definition) is 2. The van der Waals surface area contributed by atoms with Crippen molar-refractivity contribution in [2.24, 2.45) is 0 Å². The Morgan fingerprint density at radius 2 is 1.81 bits per heavy atom. The Labute approximate surface area is 129 Å². The van der Waals surface area contributed by atoms with Crippen molar-refractivity contribution in [2.75, 3.05) is 5.32 Å². The van der Waals surface area contributed by atoms with Gasteiger partial charge in [-0.1, -0.05) is 29.8 Å². The lowest BCUT2D eigenvalue weighted by molar-refractivity contribution is 0.251. The molecule has 1 aliphatic carbocycles. The molecule has 0 saturated heterocycles. The molecule has 2 aromatic rings. The highest BCUT2D eigenvalue weighted by Gasteiger charge is 2.11. The fraction of sp³-hybridized carbons (Fsp3) is 0.235. The van der Waals surface area contributed by atoms with Crippen LogP contribution in [0.25, 0.3) is 0 Å². The van der Waals surface area contributed by atoms with Crippen LogP contribution in [0.3, 0.4) is 0 Å². The maximum Gasteiger partial charge on any atom is 0.319 e. The predicted octanol–water partition coefficient (Wildman–Crippen LogP) is 4.15. The molecule has 0 spiro atoms. The van der Waals surface area contributed by atoms with E-state index in [0.29, 0.717) is 11.6 Å². The van der Waals surface area contributed by atoms with Crippen LogP contribution < -0.4 is 10.6 Å². The van der Waals surface area contributed by atoms with Gasteiger partial charge in [0, 0.05) is 17.3 Å². The van der Waals surface area contributed by atoms with E-state index in [-0.39, 0.29) is 6.03 Å². The normalized spacial score (nSPS) is 12.8. The average molecular weight is 301 g/mol. The van der Waals surface area contributed by atoms with Gasteiger partial charge in [0.05, 0.1) is 0 Å². The van der Waals surface area contributed by atoms with Crippen LogP contribution in [-0.2, 0) is 19.4 Å². The van der Waals surface area contributed by atoms with Gasteiger partial charge < -0.3 is 10.6 Å². The molecule has 0 unspecified atom stereocenters. The van der Waals surface area contributed by atoms with Gasteiger partial charge in [-0.15, -0.1) is 0 Å². The Bertz CT molecular complexity index is 652. The number of carbonyl (C=O) groups is 1. The molecule has 0 radical (unpaired) electrons. The van der Waals surface area contributed by atoms with Gasteiger partial charge in [-0.3, -0.25) is 0 Å². The van der Waals surface area contributed by atoms with E-state index in [2.05, 4.69) is 22.8 Å². The van der Waals surface area contributed by atoms with Crippen molar-refractivity contribution in [1.82, 2.24) is 5.32 Å². The lowest BCUT2D eigenvalue weighted by Crippen LogP contribution is -2.28. The number of benzene rings is 2. The van der Waals surface area contributed by atoms with Crippen molar-refractivity contribution < 1.29 is 4.79 Å². The van der Waals surface area contributed by atoms with Gasteiger partial charge in [0.15, 0.2) is 0 Å². The van der Waals surface area contributed by atoms with Crippen LogP contribution in [0.4, 0.5) is 10.5 Å². The summed E-state index contributed by atoms with van der Waals surface area (Å²) in [4.78, 5) is 11.9. The van der Waals surface area contributed by atoms with E-state index in [9.17, 15) is 4.79 Å². The summed E-state index contributed by atoms with van der Waals surface area (Å²) in [6.45, 7) is 0.480. The number of urea groups is 1. The Morgan fingerprint density at radius 1 is 1.05 bits per heavy atom.